The second-order valence-corrected chi connectivity index (χ2v) is 11.0. The molecule has 1 N–H and O–H groups in total. The Morgan fingerprint density at radius 3 is 2.55 bits per heavy atom. The summed E-state index contributed by atoms with van der Waals surface area (Å²) in [7, 11) is -3.72. The number of para-hydroxylation sites is 1. The zero-order valence-corrected chi connectivity index (χ0v) is 19.8. The normalized spacial score (nSPS) is 15.5. The van der Waals surface area contributed by atoms with Gasteiger partial charge in [-0.25, -0.2) is 8.42 Å². The molecule has 33 heavy (non-hydrogen) atoms. The van der Waals surface area contributed by atoms with E-state index < -0.39 is 10.0 Å². The second kappa shape index (κ2) is 8.44. The summed E-state index contributed by atoms with van der Waals surface area (Å²) in [6.07, 6.45) is 0.827. The summed E-state index contributed by atoms with van der Waals surface area (Å²) in [5.74, 6) is -0.133. The van der Waals surface area contributed by atoms with Crippen LogP contribution in [-0.4, -0.2) is 59.3 Å². The van der Waals surface area contributed by atoms with E-state index in [0.29, 0.717) is 30.0 Å². The molecule has 0 spiro atoms. The molecule has 172 valence electrons. The quantitative estimate of drug-likeness (QED) is 0.471. The maximum Gasteiger partial charge on any atom is 0.308 e. The number of aryl methyl sites for hydroxylation is 1. The number of aromatic amines is 1. The molecule has 0 bridgehead atoms. The highest BCUT2D eigenvalue weighted by Gasteiger charge is 2.31. The lowest BCUT2D eigenvalue weighted by atomic mass is 10.2. The first-order chi connectivity index (χ1) is 15.9. The molecule has 2 aromatic heterocycles. The first-order valence-electron chi connectivity index (χ1n) is 10.9. The molecule has 1 saturated heterocycles. The van der Waals surface area contributed by atoms with Crippen LogP contribution in [0.4, 0.5) is 0 Å². The standard InChI is InChI=1S/C23H24N4O4S2/c1-2-9-27-20-8-7-17(15-21(20)32-23(27)29)33(30,31)26-12-10-25(11-13-26)22(28)19-14-16-5-3-4-6-18(16)24-19/h3-8,14-15,24H,2,9-13H2,1H3. The molecule has 0 saturated carbocycles. The molecule has 1 aliphatic rings. The van der Waals surface area contributed by atoms with Crippen LogP contribution in [0.5, 0.6) is 0 Å². The number of benzene rings is 2. The van der Waals surface area contributed by atoms with Gasteiger partial charge >= 0.3 is 4.87 Å². The van der Waals surface area contributed by atoms with Crippen LogP contribution >= 0.6 is 11.3 Å². The smallest absolute Gasteiger partial charge is 0.308 e. The Bertz CT molecular complexity index is 1480. The van der Waals surface area contributed by atoms with Crippen molar-refractivity contribution in [2.24, 2.45) is 0 Å². The van der Waals surface area contributed by atoms with E-state index in [2.05, 4.69) is 4.98 Å². The van der Waals surface area contributed by atoms with Crippen LogP contribution in [0.2, 0.25) is 0 Å². The van der Waals surface area contributed by atoms with Crippen molar-refractivity contribution in [1.29, 1.82) is 0 Å². The predicted molar refractivity (Wildman–Crippen MR) is 129 cm³/mol. The van der Waals surface area contributed by atoms with E-state index in [1.54, 1.807) is 27.7 Å². The number of fused-ring (bicyclic) bond motifs is 2. The van der Waals surface area contributed by atoms with Crippen molar-refractivity contribution in [2.75, 3.05) is 26.2 Å². The molecule has 1 aliphatic heterocycles. The number of hydrogen-bond acceptors (Lipinski definition) is 5. The third-order valence-corrected chi connectivity index (χ3v) is 8.85. The van der Waals surface area contributed by atoms with Crippen LogP contribution in [0.1, 0.15) is 23.8 Å². The highest BCUT2D eigenvalue weighted by molar-refractivity contribution is 7.89. The van der Waals surface area contributed by atoms with Gasteiger partial charge in [0.05, 0.1) is 15.1 Å². The molecule has 0 unspecified atom stereocenters. The van der Waals surface area contributed by atoms with Crippen LogP contribution in [0.3, 0.4) is 0 Å². The average Bonchev–Trinajstić information content (AvgIpc) is 3.39. The third kappa shape index (κ3) is 3.88. The highest BCUT2D eigenvalue weighted by atomic mass is 32.2. The number of piperazine rings is 1. The molecule has 4 aromatic rings. The van der Waals surface area contributed by atoms with Crippen molar-refractivity contribution in [3.8, 4) is 0 Å². The van der Waals surface area contributed by atoms with Crippen LogP contribution in [0.15, 0.2) is 58.2 Å². The van der Waals surface area contributed by atoms with Crippen LogP contribution < -0.4 is 4.87 Å². The van der Waals surface area contributed by atoms with E-state index in [0.717, 1.165) is 34.2 Å². The SMILES string of the molecule is CCCn1c(=O)sc2cc(S(=O)(=O)N3CCN(C(=O)c4cc5ccccc5[nH]4)CC3)ccc21. The van der Waals surface area contributed by atoms with E-state index in [-0.39, 0.29) is 28.8 Å². The summed E-state index contributed by atoms with van der Waals surface area (Å²) >= 11 is 1.07. The van der Waals surface area contributed by atoms with Gasteiger partial charge in [-0.2, -0.15) is 4.31 Å². The largest absolute Gasteiger partial charge is 0.351 e. The summed E-state index contributed by atoms with van der Waals surface area (Å²) in [5.41, 5.74) is 2.16. The molecule has 0 aliphatic carbocycles. The Balaban J connectivity index is 1.32. The Kier molecular flexibility index (Phi) is 5.59. The Morgan fingerprint density at radius 1 is 1.06 bits per heavy atom. The molecule has 1 fully saturated rings. The maximum atomic E-state index is 13.2. The maximum absolute atomic E-state index is 13.2. The van der Waals surface area contributed by atoms with Gasteiger partial charge in [-0.15, -0.1) is 0 Å². The number of H-pyrrole nitrogens is 1. The van der Waals surface area contributed by atoms with E-state index in [1.807, 2.05) is 37.3 Å². The van der Waals surface area contributed by atoms with Crippen molar-refractivity contribution >= 4 is 48.4 Å². The number of nitrogens with zero attached hydrogens (tertiary/aromatic N) is 3. The van der Waals surface area contributed by atoms with E-state index in [1.165, 1.54) is 4.31 Å². The van der Waals surface area contributed by atoms with Gasteiger partial charge in [0.1, 0.15) is 5.69 Å². The zero-order valence-electron chi connectivity index (χ0n) is 18.2. The van der Waals surface area contributed by atoms with Crippen molar-refractivity contribution < 1.29 is 13.2 Å². The molecule has 2 aromatic carbocycles. The van der Waals surface area contributed by atoms with Crippen LogP contribution in [0, 0.1) is 0 Å². The average molecular weight is 485 g/mol. The monoisotopic (exact) mass is 484 g/mol. The van der Waals surface area contributed by atoms with Crippen LogP contribution in [0.25, 0.3) is 21.1 Å². The number of aromatic nitrogens is 2. The number of hydrogen-bond donors (Lipinski definition) is 1. The van der Waals surface area contributed by atoms with Gasteiger partial charge in [0.25, 0.3) is 5.91 Å². The van der Waals surface area contributed by atoms with Gasteiger partial charge in [0, 0.05) is 43.6 Å². The number of amides is 1. The van der Waals surface area contributed by atoms with Gasteiger partial charge in [-0.1, -0.05) is 36.5 Å². The summed E-state index contributed by atoms with van der Waals surface area (Å²) < 4.78 is 30.3. The number of rotatable bonds is 5. The molecule has 5 rings (SSSR count). The van der Waals surface area contributed by atoms with Gasteiger partial charge in [0.2, 0.25) is 10.0 Å². The number of sulfonamides is 1. The lowest BCUT2D eigenvalue weighted by Gasteiger charge is -2.33. The van der Waals surface area contributed by atoms with E-state index in [9.17, 15) is 18.0 Å². The number of carbonyl (C=O) groups is 1. The minimum absolute atomic E-state index is 0.0782. The van der Waals surface area contributed by atoms with Crippen molar-refractivity contribution in [3.05, 3.63) is 63.9 Å². The Morgan fingerprint density at radius 2 is 1.82 bits per heavy atom. The summed E-state index contributed by atoms with van der Waals surface area (Å²) in [4.78, 5) is 30.1. The first kappa shape index (κ1) is 21.9. The third-order valence-electron chi connectivity index (χ3n) is 6.01. The highest BCUT2D eigenvalue weighted by Crippen LogP contribution is 2.25. The first-order valence-corrected chi connectivity index (χ1v) is 13.1. The number of nitrogens with one attached hydrogen (secondary N) is 1. The summed E-state index contributed by atoms with van der Waals surface area (Å²) in [6.45, 7) is 3.68. The lowest BCUT2D eigenvalue weighted by Crippen LogP contribution is -2.50. The molecular weight excluding hydrogens is 460 g/mol. The number of carbonyl (C=O) groups excluding carboxylic acids is 1. The topological polar surface area (TPSA) is 95.5 Å². The summed E-state index contributed by atoms with van der Waals surface area (Å²) in [6, 6.07) is 14.4. The predicted octanol–water partition coefficient (Wildman–Crippen LogP) is 3.10. The van der Waals surface area contributed by atoms with E-state index in [4.69, 9.17) is 0 Å². The van der Waals surface area contributed by atoms with E-state index >= 15 is 0 Å². The Labute approximate surface area is 195 Å². The number of thiazole rings is 1. The zero-order chi connectivity index (χ0) is 23.2. The molecule has 0 radical (unpaired) electrons. The van der Waals surface area contributed by atoms with Crippen molar-refractivity contribution in [3.63, 3.8) is 0 Å². The van der Waals surface area contributed by atoms with Crippen molar-refractivity contribution in [1.82, 2.24) is 18.8 Å². The van der Waals surface area contributed by atoms with Gasteiger partial charge in [-0.3, -0.25) is 14.2 Å². The molecule has 3 heterocycles. The van der Waals surface area contributed by atoms with Gasteiger partial charge in [-0.05, 0) is 36.8 Å². The fraction of sp³-hybridized carbons (Fsp3) is 0.304. The van der Waals surface area contributed by atoms with Crippen LogP contribution in [-0.2, 0) is 16.6 Å². The van der Waals surface area contributed by atoms with Gasteiger partial charge < -0.3 is 9.88 Å². The molecule has 8 nitrogen and oxygen atoms in total. The fourth-order valence-electron chi connectivity index (χ4n) is 4.28. The van der Waals surface area contributed by atoms with Crippen molar-refractivity contribution in [2.45, 2.75) is 24.8 Å². The minimum Gasteiger partial charge on any atom is -0.351 e. The minimum atomic E-state index is -3.72. The molecule has 0 atom stereocenters. The van der Waals surface area contributed by atoms with Gasteiger partial charge in [0.15, 0.2) is 0 Å². The lowest BCUT2D eigenvalue weighted by molar-refractivity contribution is 0.0693. The second-order valence-electron chi connectivity index (χ2n) is 8.12. The molecular formula is C23H24N4O4S2. The Hall–Kier alpha value is -2.95. The summed E-state index contributed by atoms with van der Waals surface area (Å²) in [5, 5.41) is 0.965. The molecule has 10 heteroatoms. The molecule has 1 amide bonds. The fourth-order valence-corrected chi connectivity index (χ4v) is 6.76.